The number of nitrogens with one attached hydrogen (secondary N) is 1. The molecule has 5 rings (SSSR count). The van der Waals surface area contributed by atoms with E-state index in [4.69, 9.17) is 18.9 Å². The SMILES string of the molecule is COc1cc2ncnc(NC3=C(/C=C/C(=O)O)C=CC(OCc4ccccc4)(OCc4ccccc4)C3OC)c2cc1O. The van der Waals surface area contributed by atoms with Crippen molar-refractivity contribution < 1.29 is 34.0 Å². The molecule has 220 valence electrons. The molecule has 0 radical (unpaired) electrons. The fraction of sp³-hybridized carbons (Fsp3) is 0.182. The molecule has 43 heavy (non-hydrogen) atoms. The van der Waals surface area contributed by atoms with Crippen molar-refractivity contribution in [1.82, 2.24) is 9.97 Å². The average Bonchev–Trinajstić information content (AvgIpc) is 3.03. The summed E-state index contributed by atoms with van der Waals surface area (Å²) in [5.74, 6) is -2.03. The minimum atomic E-state index is -1.43. The van der Waals surface area contributed by atoms with Crippen molar-refractivity contribution in [1.29, 1.82) is 0 Å². The Balaban J connectivity index is 1.59. The van der Waals surface area contributed by atoms with E-state index in [0.29, 0.717) is 28.0 Å². The third kappa shape index (κ3) is 6.73. The van der Waals surface area contributed by atoms with Gasteiger partial charge in [-0.25, -0.2) is 14.8 Å². The highest BCUT2D eigenvalue weighted by atomic mass is 16.7. The monoisotopic (exact) mass is 581 g/mol. The first kappa shape index (κ1) is 29.5. The summed E-state index contributed by atoms with van der Waals surface area (Å²) in [6.45, 7) is 0.412. The zero-order valence-electron chi connectivity index (χ0n) is 23.6. The molecule has 1 atom stereocenters. The van der Waals surface area contributed by atoms with E-state index in [1.165, 1.54) is 32.7 Å². The number of anilines is 1. The Morgan fingerprint density at radius 3 is 2.21 bits per heavy atom. The lowest BCUT2D eigenvalue weighted by atomic mass is 9.93. The van der Waals surface area contributed by atoms with Crippen molar-refractivity contribution in [2.24, 2.45) is 0 Å². The lowest BCUT2D eigenvalue weighted by Gasteiger charge is -2.41. The third-order valence-corrected chi connectivity index (χ3v) is 6.88. The summed E-state index contributed by atoms with van der Waals surface area (Å²) in [6.07, 6.45) is 6.40. The molecular formula is C33H31N3O7. The zero-order valence-corrected chi connectivity index (χ0v) is 23.6. The van der Waals surface area contributed by atoms with Crippen LogP contribution in [0.1, 0.15) is 11.1 Å². The second-order valence-electron chi connectivity index (χ2n) is 9.65. The summed E-state index contributed by atoms with van der Waals surface area (Å²) >= 11 is 0. The van der Waals surface area contributed by atoms with Gasteiger partial charge in [-0.05, 0) is 34.9 Å². The number of aromatic nitrogens is 2. The van der Waals surface area contributed by atoms with E-state index in [9.17, 15) is 15.0 Å². The highest BCUT2D eigenvalue weighted by Gasteiger charge is 2.45. The normalized spacial score (nSPS) is 16.1. The number of rotatable bonds is 12. The van der Waals surface area contributed by atoms with Gasteiger partial charge in [0.05, 0.1) is 31.5 Å². The molecule has 3 aromatic carbocycles. The summed E-state index contributed by atoms with van der Waals surface area (Å²) in [6, 6.07) is 22.4. The minimum Gasteiger partial charge on any atom is -0.504 e. The Morgan fingerprint density at radius 1 is 0.977 bits per heavy atom. The number of methoxy groups -OCH3 is 2. The number of carboxylic acid groups (broad SMARTS) is 1. The number of allylic oxidation sites excluding steroid dienone is 3. The van der Waals surface area contributed by atoms with Crippen LogP contribution in [0.5, 0.6) is 11.5 Å². The number of phenolic OH excluding ortho intramolecular Hbond substituents is 1. The lowest BCUT2D eigenvalue weighted by molar-refractivity contribution is -0.261. The fourth-order valence-corrected chi connectivity index (χ4v) is 4.76. The summed E-state index contributed by atoms with van der Waals surface area (Å²) in [4.78, 5) is 20.2. The van der Waals surface area contributed by atoms with Crippen LogP contribution in [-0.2, 0) is 32.2 Å². The summed E-state index contributed by atoms with van der Waals surface area (Å²) in [5, 5.41) is 23.7. The minimum absolute atomic E-state index is 0.0913. The van der Waals surface area contributed by atoms with Gasteiger partial charge in [-0.1, -0.05) is 66.7 Å². The molecule has 10 nitrogen and oxygen atoms in total. The predicted molar refractivity (Wildman–Crippen MR) is 160 cm³/mol. The van der Waals surface area contributed by atoms with E-state index in [1.54, 1.807) is 18.2 Å². The molecule has 0 spiro atoms. The molecule has 0 amide bonds. The van der Waals surface area contributed by atoms with Crippen molar-refractivity contribution in [3.8, 4) is 11.5 Å². The largest absolute Gasteiger partial charge is 0.504 e. The van der Waals surface area contributed by atoms with Crippen LogP contribution in [0.3, 0.4) is 0 Å². The second-order valence-corrected chi connectivity index (χ2v) is 9.65. The van der Waals surface area contributed by atoms with Crippen molar-refractivity contribution in [2.45, 2.75) is 25.1 Å². The number of hydrogen-bond donors (Lipinski definition) is 3. The first-order valence-electron chi connectivity index (χ1n) is 13.4. The maximum absolute atomic E-state index is 11.5. The Morgan fingerprint density at radius 2 is 1.63 bits per heavy atom. The smallest absolute Gasteiger partial charge is 0.328 e. The fourth-order valence-electron chi connectivity index (χ4n) is 4.76. The average molecular weight is 582 g/mol. The van der Waals surface area contributed by atoms with E-state index in [-0.39, 0.29) is 24.7 Å². The molecule has 4 aromatic rings. The number of carbonyl (C=O) groups is 1. The number of ether oxygens (including phenoxy) is 4. The van der Waals surface area contributed by atoms with Gasteiger partial charge in [0, 0.05) is 24.6 Å². The molecule has 1 heterocycles. The number of hydrogen-bond acceptors (Lipinski definition) is 9. The molecule has 1 aromatic heterocycles. The van der Waals surface area contributed by atoms with Gasteiger partial charge in [0.2, 0.25) is 5.79 Å². The number of aliphatic carboxylic acids is 1. The van der Waals surface area contributed by atoms with Crippen LogP contribution >= 0.6 is 0 Å². The van der Waals surface area contributed by atoms with Gasteiger partial charge in [0.1, 0.15) is 12.1 Å². The van der Waals surface area contributed by atoms with Gasteiger partial charge in [-0.15, -0.1) is 0 Å². The van der Waals surface area contributed by atoms with Crippen LogP contribution in [0.25, 0.3) is 10.9 Å². The van der Waals surface area contributed by atoms with Crippen molar-refractivity contribution in [2.75, 3.05) is 19.5 Å². The van der Waals surface area contributed by atoms with Crippen molar-refractivity contribution >= 4 is 22.7 Å². The van der Waals surface area contributed by atoms with Crippen molar-refractivity contribution in [3.05, 3.63) is 126 Å². The standard InChI is InChI=1S/C33H31N3O7/c1-40-28-18-26-25(17-27(28)37)32(35-21-34-26)36-30-24(13-14-29(38)39)15-16-33(31(30)41-2,42-19-22-9-5-3-6-10-22)43-20-23-11-7-4-8-12-23/h3-18,21,31,37H,19-20H2,1-2H3,(H,38,39)(H,34,35,36)/b14-13+. The Labute approximate surface area is 248 Å². The highest BCUT2D eigenvalue weighted by molar-refractivity contribution is 5.92. The van der Waals surface area contributed by atoms with E-state index in [2.05, 4.69) is 15.3 Å². The number of benzene rings is 3. The van der Waals surface area contributed by atoms with Crippen LogP contribution < -0.4 is 10.1 Å². The molecule has 1 aliphatic carbocycles. The first-order valence-corrected chi connectivity index (χ1v) is 13.4. The molecule has 0 aliphatic heterocycles. The number of fused-ring (bicyclic) bond motifs is 1. The third-order valence-electron chi connectivity index (χ3n) is 6.88. The molecule has 0 fully saturated rings. The Hall–Kier alpha value is -5.03. The van der Waals surface area contributed by atoms with E-state index >= 15 is 0 Å². The predicted octanol–water partition coefficient (Wildman–Crippen LogP) is 5.37. The van der Waals surface area contributed by atoms with E-state index in [0.717, 1.165) is 17.2 Å². The lowest BCUT2D eigenvalue weighted by Crippen LogP contribution is -2.50. The van der Waals surface area contributed by atoms with Crippen LogP contribution in [0.2, 0.25) is 0 Å². The molecule has 0 saturated carbocycles. The maximum atomic E-state index is 11.5. The van der Waals surface area contributed by atoms with Crippen LogP contribution in [0.4, 0.5) is 5.82 Å². The quantitative estimate of drug-likeness (QED) is 0.148. The van der Waals surface area contributed by atoms with Gasteiger partial charge >= 0.3 is 5.97 Å². The number of carboxylic acids is 1. The van der Waals surface area contributed by atoms with E-state index < -0.39 is 17.9 Å². The Kier molecular flexibility index (Phi) is 9.11. The number of aromatic hydroxyl groups is 1. The van der Waals surface area contributed by atoms with E-state index in [1.807, 2.05) is 60.7 Å². The van der Waals surface area contributed by atoms with Gasteiger partial charge in [-0.3, -0.25) is 0 Å². The molecule has 1 unspecified atom stereocenters. The number of nitrogens with zero attached hydrogens (tertiary/aromatic N) is 2. The number of phenols is 1. The van der Waals surface area contributed by atoms with Gasteiger partial charge in [0.15, 0.2) is 17.6 Å². The molecule has 0 saturated heterocycles. The van der Waals surface area contributed by atoms with Crippen LogP contribution in [0.15, 0.2) is 115 Å². The topological polar surface area (TPSA) is 132 Å². The molecule has 0 bridgehead atoms. The summed E-state index contributed by atoms with van der Waals surface area (Å²) in [5.41, 5.74) is 3.30. The molecule has 3 N–H and O–H groups in total. The molecule has 10 heteroatoms. The first-order chi connectivity index (χ1) is 20.9. The van der Waals surface area contributed by atoms with Crippen LogP contribution in [0, 0.1) is 0 Å². The van der Waals surface area contributed by atoms with Gasteiger partial charge < -0.3 is 34.5 Å². The molecular weight excluding hydrogens is 550 g/mol. The highest BCUT2D eigenvalue weighted by Crippen LogP contribution is 2.38. The Bertz CT molecular complexity index is 1630. The van der Waals surface area contributed by atoms with Gasteiger partial charge in [-0.2, -0.15) is 0 Å². The second kappa shape index (κ2) is 13.3. The van der Waals surface area contributed by atoms with Crippen LogP contribution in [-0.4, -0.2) is 52.3 Å². The van der Waals surface area contributed by atoms with Crippen molar-refractivity contribution in [3.63, 3.8) is 0 Å². The summed E-state index contributed by atoms with van der Waals surface area (Å²) < 4.78 is 24.3. The molecule has 1 aliphatic rings. The van der Waals surface area contributed by atoms with Gasteiger partial charge in [0.25, 0.3) is 0 Å². The zero-order chi connectivity index (χ0) is 30.2. The summed E-state index contributed by atoms with van der Waals surface area (Å²) in [7, 11) is 2.97. The maximum Gasteiger partial charge on any atom is 0.328 e.